The molecule has 2 heterocycles. The Morgan fingerprint density at radius 3 is 2.65 bits per heavy atom. The van der Waals surface area contributed by atoms with E-state index in [2.05, 4.69) is 10.4 Å². The van der Waals surface area contributed by atoms with E-state index in [-0.39, 0.29) is 11.7 Å². The van der Waals surface area contributed by atoms with Crippen LogP contribution in [-0.4, -0.2) is 38.3 Å². The molecule has 3 rings (SSSR count). The van der Waals surface area contributed by atoms with E-state index in [1.54, 1.807) is 36.2 Å². The van der Waals surface area contributed by atoms with Gasteiger partial charge in [0.1, 0.15) is 0 Å². The number of aryl methyl sites for hydroxylation is 1. The zero-order valence-electron chi connectivity index (χ0n) is 12.4. The van der Waals surface area contributed by atoms with Crippen LogP contribution in [0.5, 0.6) is 0 Å². The summed E-state index contributed by atoms with van der Waals surface area (Å²) in [6, 6.07) is 6.61. The quantitative estimate of drug-likeness (QED) is 0.882. The Hall–Kier alpha value is -2.54. The third kappa shape index (κ3) is 3.00. The third-order valence-corrected chi connectivity index (χ3v) is 4.08. The zero-order chi connectivity index (χ0) is 16.6. The molecule has 0 saturated carbocycles. The first-order chi connectivity index (χ1) is 11.0. The van der Waals surface area contributed by atoms with Crippen LogP contribution in [0.15, 0.2) is 24.3 Å². The van der Waals surface area contributed by atoms with Crippen molar-refractivity contribution in [1.82, 2.24) is 14.7 Å². The number of hydrogen-bond acceptors (Lipinski definition) is 3. The lowest BCUT2D eigenvalue weighted by Crippen LogP contribution is -2.39. The van der Waals surface area contributed by atoms with Crippen molar-refractivity contribution in [2.75, 3.05) is 11.9 Å². The summed E-state index contributed by atoms with van der Waals surface area (Å²) >= 11 is 5.82. The van der Waals surface area contributed by atoms with E-state index in [9.17, 15) is 9.59 Å². The van der Waals surface area contributed by atoms with Crippen molar-refractivity contribution in [3.05, 3.63) is 46.2 Å². The maximum absolute atomic E-state index is 12.4. The first-order valence-corrected chi connectivity index (χ1v) is 7.43. The van der Waals surface area contributed by atoms with Gasteiger partial charge in [0.15, 0.2) is 5.69 Å². The molecule has 1 aliphatic rings. The number of benzene rings is 1. The van der Waals surface area contributed by atoms with Crippen molar-refractivity contribution in [2.24, 2.45) is 7.05 Å². The number of hydrogen-bond donors (Lipinski definition) is 2. The van der Waals surface area contributed by atoms with Gasteiger partial charge < -0.3 is 15.3 Å². The summed E-state index contributed by atoms with van der Waals surface area (Å²) in [6.45, 7) is 0.768. The number of halogens is 1. The van der Waals surface area contributed by atoms with Crippen molar-refractivity contribution >= 4 is 29.3 Å². The van der Waals surface area contributed by atoms with E-state index < -0.39 is 5.97 Å². The molecule has 0 radical (unpaired) electrons. The molecule has 0 unspecified atom stereocenters. The number of anilines is 1. The normalized spacial score (nSPS) is 13.6. The minimum absolute atomic E-state index is 0.0697. The SMILES string of the molecule is Cn1nc(C(=O)O)c2c1CN(C(=O)Nc1ccc(Cl)cc1)CC2. The molecule has 0 saturated heterocycles. The number of rotatable bonds is 2. The molecule has 23 heavy (non-hydrogen) atoms. The van der Waals surface area contributed by atoms with Crippen LogP contribution in [-0.2, 0) is 20.0 Å². The fraction of sp³-hybridized carbons (Fsp3) is 0.267. The molecule has 0 atom stereocenters. The summed E-state index contributed by atoms with van der Waals surface area (Å²) in [6.07, 6.45) is 0.471. The highest BCUT2D eigenvalue weighted by molar-refractivity contribution is 6.30. The van der Waals surface area contributed by atoms with Gasteiger partial charge in [-0.05, 0) is 30.7 Å². The van der Waals surface area contributed by atoms with E-state index in [0.717, 1.165) is 5.69 Å². The Bertz CT molecular complexity index is 770. The Labute approximate surface area is 137 Å². The second-order valence-electron chi connectivity index (χ2n) is 5.31. The molecule has 7 nitrogen and oxygen atoms in total. The predicted molar refractivity (Wildman–Crippen MR) is 84.8 cm³/mol. The highest BCUT2D eigenvalue weighted by Gasteiger charge is 2.28. The van der Waals surface area contributed by atoms with E-state index in [1.165, 1.54) is 4.68 Å². The van der Waals surface area contributed by atoms with Crippen LogP contribution in [0.2, 0.25) is 5.02 Å². The second kappa shape index (κ2) is 5.92. The number of carboxylic acids is 1. The first kappa shape index (κ1) is 15.4. The molecular formula is C15H15ClN4O3. The number of nitrogens with one attached hydrogen (secondary N) is 1. The Kier molecular flexibility index (Phi) is 3.96. The summed E-state index contributed by atoms with van der Waals surface area (Å²) in [5.41, 5.74) is 2.18. The molecule has 0 aliphatic carbocycles. The highest BCUT2D eigenvalue weighted by atomic mass is 35.5. The number of fused-ring (bicyclic) bond motifs is 1. The molecule has 2 N–H and O–H groups in total. The fourth-order valence-electron chi connectivity index (χ4n) is 2.65. The number of carboxylic acid groups (broad SMARTS) is 1. The summed E-state index contributed by atoms with van der Waals surface area (Å²) in [5, 5.41) is 16.6. The molecule has 0 bridgehead atoms. The topological polar surface area (TPSA) is 87.5 Å². The van der Waals surface area contributed by atoms with Gasteiger partial charge in [0, 0.05) is 29.9 Å². The average molecular weight is 335 g/mol. The highest BCUT2D eigenvalue weighted by Crippen LogP contribution is 2.23. The van der Waals surface area contributed by atoms with Gasteiger partial charge >= 0.3 is 12.0 Å². The van der Waals surface area contributed by atoms with Crippen LogP contribution in [0.3, 0.4) is 0 Å². The monoisotopic (exact) mass is 334 g/mol. The molecule has 0 spiro atoms. The molecule has 1 aliphatic heterocycles. The van der Waals surface area contributed by atoms with E-state index in [0.29, 0.717) is 35.8 Å². The Balaban J connectivity index is 1.75. The molecule has 1 aromatic carbocycles. The molecule has 1 aromatic heterocycles. The standard InChI is InChI=1S/C15H15ClN4O3/c1-19-12-8-20(7-6-11(12)13(18-19)14(21)22)15(23)17-10-4-2-9(16)3-5-10/h2-5H,6-8H2,1H3,(H,17,23)(H,21,22). The fourth-order valence-corrected chi connectivity index (χ4v) is 2.78. The van der Waals surface area contributed by atoms with Crippen LogP contribution in [0, 0.1) is 0 Å². The lowest BCUT2D eigenvalue weighted by molar-refractivity contribution is 0.0688. The van der Waals surface area contributed by atoms with Gasteiger partial charge in [0.05, 0.1) is 12.2 Å². The smallest absolute Gasteiger partial charge is 0.356 e. The molecule has 0 fully saturated rings. The number of nitrogens with zero attached hydrogens (tertiary/aromatic N) is 3. The lowest BCUT2D eigenvalue weighted by atomic mass is 10.0. The number of amides is 2. The van der Waals surface area contributed by atoms with Crippen molar-refractivity contribution < 1.29 is 14.7 Å². The lowest BCUT2D eigenvalue weighted by Gasteiger charge is -2.27. The zero-order valence-corrected chi connectivity index (χ0v) is 13.2. The maximum Gasteiger partial charge on any atom is 0.356 e. The number of aromatic carboxylic acids is 1. The van der Waals surface area contributed by atoms with E-state index in [4.69, 9.17) is 16.7 Å². The first-order valence-electron chi connectivity index (χ1n) is 7.05. The Morgan fingerprint density at radius 1 is 1.30 bits per heavy atom. The van der Waals surface area contributed by atoms with Gasteiger partial charge in [-0.1, -0.05) is 11.6 Å². The maximum atomic E-state index is 12.4. The van der Waals surface area contributed by atoms with E-state index >= 15 is 0 Å². The average Bonchev–Trinajstić information content (AvgIpc) is 2.86. The number of urea groups is 1. The van der Waals surface area contributed by atoms with Crippen LogP contribution < -0.4 is 5.32 Å². The van der Waals surface area contributed by atoms with Crippen LogP contribution in [0.25, 0.3) is 0 Å². The van der Waals surface area contributed by atoms with Crippen molar-refractivity contribution in [2.45, 2.75) is 13.0 Å². The van der Waals surface area contributed by atoms with Gasteiger partial charge in [-0.2, -0.15) is 5.10 Å². The van der Waals surface area contributed by atoms with Gasteiger partial charge in [-0.3, -0.25) is 4.68 Å². The Morgan fingerprint density at radius 2 is 2.00 bits per heavy atom. The molecule has 120 valence electrons. The van der Waals surface area contributed by atoms with Crippen LogP contribution >= 0.6 is 11.6 Å². The molecular weight excluding hydrogens is 320 g/mol. The molecule has 2 amide bonds. The van der Waals surface area contributed by atoms with Crippen molar-refractivity contribution in [1.29, 1.82) is 0 Å². The number of carbonyl (C=O) groups excluding carboxylic acids is 1. The largest absolute Gasteiger partial charge is 0.476 e. The second-order valence-corrected chi connectivity index (χ2v) is 5.75. The van der Waals surface area contributed by atoms with Gasteiger partial charge in [0.2, 0.25) is 0 Å². The van der Waals surface area contributed by atoms with Crippen molar-refractivity contribution in [3.63, 3.8) is 0 Å². The third-order valence-electron chi connectivity index (χ3n) is 3.83. The summed E-state index contributed by atoms with van der Waals surface area (Å²) in [5.74, 6) is -1.04. The van der Waals surface area contributed by atoms with Gasteiger partial charge in [-0.25, -0.2) is 9.59 Å². The van der Waals surface area contributed by atoms with Gasteiger partial charge in [-0.15, -0.1) is 0 Å². The van der Waals surface area contributed by atoms with Crippen LogP contribution in [0.4, 0.5) is 10.5 Å². The minimum atomic E-state index is -1.04. The minimum Gasteiger partial charge on any atom is -0.476 e. The summed E-state index contributed by atoms with van der Waals surface area (Å²) in [4.78, 5) is 25.2. The van der Waals surface area contributed by atoms with Gasteiger partial charge in [0.25, 0.3) is 0 Å². The molecule has 2 aromatic rings. The van der Waals surface area contributed by atoms with Crippen LogP contribution in [0.1, 0.15) is 21.7 Å². The predicted octanol–water partition coefficient (Wildman–Crippen LogP) is 2.36. The van der Waals surface area contributed by atoms with Crippen molar-refractivity contribution in [3.8, 4) is 0 Å². The summed E-state index contributed by atoms with van der Waals surface area (Å²) in [7, 11) is 1.69. The molecule has 8 heteroatoms. The number of aromatic nitrogens is 2. The summed E-state index contributed by atoms with van der Waals surface area (Å²) < 4.78 is 1.53. The van der Waals surface area contributed by atoms with E-state index in [1.807, 2.05) is 0 Å². The number of carbonyl (C=O) groups is 2.